The van der Waals surface area contributed by atoms with E-state index in [1.807, 2.05) is 0 Å². The number of hydrogen-bond acceptors (Lipinski definition) is 3. The van der Waals surface area contributed by atoms with Gasteiger partial charge in [0.15, 0.2) is 0 Å². The summed E-state index contributed by atoms with van der Waals surface area (Å²) in [5, 5.41) is 11.0. The standard InChI is InChI=1S/C12H15NO4S/c1-2-18(17)10-6-4-3-5-9(10)12(16)13-8-7-11(14)15/h3-6H,2,7-8H2,1H3,(H,13,16)(H,14,15). The Balaban J connectivity index is 2.79. The number of benzene rings is 1. The van der Waals surface area contributed by atoms with E-state index in [2.05, 4.69) is 5.32 Å². The van der Waals surface area contributed by atoms with Gasteiger partial charge in [0.05, 0.1) is 27.7 Å². The van der Waals surface area contributed by atoms with E-state index in [0.717, 1.165) is 0 Å². The molecule has 0 aliphatic heterocycles. The maximum Gasteiger partial charge on any atom is 0.305 e. The molecule has 5 nitrogen and oxygen atoms in total. The van der Waals surface area contributed by atoms with Gasteiger partial charge in [-0.2, -0.15) is 0 Å². The zero-order chi connectivity index (χ0) is 13.5. The molecule has 6 heteroatoms. The minimum absolute atomic E-state index is 0.0568. The minimum atomic E-state index is -1.21. The fourth-order valence-corrected chi connectivity index (χ4v) is 2.33. The van der Waals surface area contributed by atoms with Gasteiger partial charge in [0, 0.05) is 12.3 Å². The molecule has 98 valence electrons. The molecule has 0 heterocycles. The Morgan fingerprint density at radius 2 is 2.00 bits per heavy atom. The molecule has 1 aromatic rings. The van der Waals surface area contributed by atoms with Crippen LogP contribution in [-0.4, -0.2) is 33.5 Å². The first-order chi connectivity index (χ1) is 8.56. The molecular weight excluding hydrogens is 254 g/mol. The molecule has 0 aliphatic carbocycles. The molecule has 1 atom stereocenters. The van der Waals surface area contributed by atoms with E-state index in [4.69, 9.17) is 5.11 Å². The number of carboxylic acid groups (broad SMARTS) is 1. The highest BCUT2D eigenvalue weighted by molar-refractivity contribution is 7.85. The third-order valence-electron chi connectivity index (χ3n) is 2.26. The molecular formula is C12H15NO4S. The van der Waals surface area contributed by atoms with Crippen molar-refractivity contribution in [2.75, 3.05) is 12.3 Å². The summed E-state index contributed by atoms with van der Waals surface area (Å²) >= 11 is 0. The van der Waals surface area contributed by atoms with Crippen LogP contribution >= 0.6 is 0 Å². The van der Waals surface area contributed by atoms with Gasteiger partial charge >= 0.3 is 5.97 Å². The Bertz CT molecular complexity index is 473. The van der Waals surface area contributed by atoms with E-state index < -0.39 is 22.7 Å². The van der Waals surface area contributed by atoms with Gasteiger partial charge in [-0.1, -0.05) is 19.1 Å². The number of carboxylic acids is 1. The van der Waals surface area contributed by atoms with Crippen LogP contribution in [0.3, 0.4) is 0 Å². The van der Waals surface area contributed by atoms with Crippen LogP contribution in [0.4, 0.5) is 0 Å². The van der Waals surface area contributed by atoms with Crippen LogP contribution in [0.5, 0.6) is 0 Å². The predicted octanol–water partition coefficient (Wildman–Crippen LogP) is 1.02. The molecule has 0 spiro atoms. The Morgan fingerprint density at radius 3 is 2.61 bits per heavy atom. The van der Waals surface area contributed by atoms with Crippen LogP contribution in [0.15, 0.2) is 29.2 Å². The third-order valence-corrected chi connectivity index (χ3v) is 3.63. The van der Waals surface area contributed by atoms with Gasteiger partial charge in [0.2, 0.25) is 0 Å². The molecule has 0 saturated carbocycles. The Kier molecular flexibility index (Phi) is 5.51. The molecule has 0 aliphatic rings. The van der Waals surface area contributed by atoms with Crippen molar-refractivity contribution in [2.45, 2.75) is 18.2 Å². The molecule has 1 amide bonds. The summed E-state index contributed by atoms with van der Waals surface area (Å²) in [6.45, 7) is 1.83. The lowest BCUT2D eigenvalue weighted by Crippen LogP contribution is -2.27. The van der Waals surface area contributed by atoms with Crippen LogP contribution in [-0.2, 0) is 15.6 Å². The zero-order valence-corrected chi connectivity index (χ0v) is 10.8. The van der Waals surface area contributed by atoms with Crippen molar-refractivity contribution in [3.63, 3.8) is 0 Å². The van der Waals surface area contributed by atoms with Crippen LogP contribution in [0.25, 0.3) is 0 Å². The monoisotopic (exact) mass is 269 g/mol. The average Bonchev–Trinajstić information content (AvgIpc) is 2.37. The lowest BCUT2D eigenvalue weighted by atomic mass is 10.2. The van der Waals surface area contributed by atoms with E-state index in [-0.39, 0.29) is 13.0 Å². The number of carbonyl (C=O) groups excluding carboxylic acids is 1. The van der Waals surface area contributed by atoms with E-state index in [1.165, 1.54) is 0 Å². The summed E-state index contributed by atoms with van der Waals surface area (Å²) in [5.41, 5.74) is 0.336. The summed E-state index contributed by atoms with van der Waals surface area (Å²) in [7, 11) is -1.21. The van der Waals surface area contributed by atoms with Gasteiger partial charge in [-0.15, -0.1) is 0 Å². The molecule has 1 aromatic carbocycles. The van der Waals surface area contributed by atoms with Gasteiger partial charge < -0.3 is 10.4 Å². The summed E-state index contributed by atoms with van der Waals surface area (Å²) < 4.78 is 11.8. The van der Waals surface area contributed by atoms with Crippen molar-refractivity contribution in [2.24, 2.45) is 0 Å². The van der Waals surface area contributed by atoms with E-state index in [1.54, 1.807) is 31.2 Å². The smallest absolute Gasteiger partial charge is 0.305 e. The van der Waals surface area contributed by atoms with E-state index >= 15 is 0 Å². The molecule has 2 N–H and O–H groups in total. The highest BCUT2D eigenvalue weighted by atomic mass is 32.2. The third kappa shape index (κ3) is 3.96. The topological polar surface area (TPSA) is 83.5 Å². The van der Waals surface area contributed by atoms with Gasteiger partial charge in [-0.25, -0.2) is 0 Å². The first-order valence-electron chi connectivity index (χ1n) is 5.53. The molecule has 0 fully saturated rings. The first kappa shape index (κ1) is 14.4. The second kappa shape index (κ2) is 6.90. The number of carbonyl (C=O) groups is 2. The van der Waals surface area contributed by atoms with Gasteiger partial charge in [-0.3, -0.25) is 13.8 Å². The molecule has 1 rings (SSSR count). The second-order valence-corrected chi connectivity index (χ2v) is 5.24. The highest BCUT2D eigenvalue weighted by Gasteiger charge is 2.14. The quantitative estimate of drug-likeness (QED) is 0.807. The largest absolute Gasteiger partial charge is 0.481 e. The van der Waals surface area contributed by atoms with E-state index in [9.17, 15) is 13.8 Å². The van der Waals surface area contributed by atoms with Crippen molar-refractivity contribution in [1.82, 2.24) is 5.32 Å². The van der Waals surface area contributed by atoms with Crippen LogP contribution in [0.2, 0.25) is 0 Å². The molecule has 0 bridgehead atoms. The Hall–Kier alpha value is -1.69. The number of hydrogen-bond donors (Lipinski definition) is 2. The van der Waals surface area contributed by atoms with Crippen LogP contribution in [0.1, 0.15) is 23.7 Å². The van der Waals surface area contributed by atoms with Crippen molar-refractivity contribution in [3.05, 3.63) is 29.8 Å². The highest BCUT2D eigenvalue weighted by Crippen LogP contribution is 2.13. The summed E-state index contributed by atoms with van der Waals surface area (Å²) in [6, 6.07) is 6.63. The summed E-state index contributed by atoms with van der Waals surface area (Å²) in [6.07, 6.45) is -0.134. The fourth-order valence-electron chi connectivity index (χ4n) is 1.39. The van der Waals surface area contributed by atoms with Crippen molar-refractivity contribution in [1.29, 1.82) is 0 Å². The lowest BCUT2D eigenvalue weighted by Gasteiger charge is -2.08. The lowest BCUT2D eigenvalue weighted by molar-refractivity contribution is -0.136. The summed E-state index contributed by atoms with van der Waals surface area (Å²) in [5.74, 6) is -0.936. The van der Waals surface area contributed by atoms with E-state index in [0.29, 0.717) is 16.2 Å². The SMILES string of the molecule is CCS(=O)c1ccccc1C(=O)NCCC(=O)O. The van der Waals surface area contributed by atoms with Gasteiger partial charge in [0.1, 0.15) is 0 Å². The fraction of sp³-hybridized carbons (Fsp3) is 0.333. The number of rotatable bonds is 6. The Morgan fingerprint density at radius 1 is 1.33 bits per heavy atom. The number of aliphatic carboxylic acids is 1. The molecule has 0 saturated heterocycles. The zero-order valence-electron chi connectivity index (χ0n) is 10.0. The Labute approximate surface area is 108 Å². The number of amides is 1. The maximum absolute atomic E-state index is 11.8. The van der Waals surface area contributed by atoms with Crippen LogP contribution < -0.4 is 5.32 Å². The van der Waals surface area contributed by atoms with Crippen molar-refractivity contribution in [3.8, 4) is 0 Å². The van der Waals surface area contributed by atoms with Crippen molar-refractivity contribution < 1.29 is 18.9 Å². The first-order valence-corrected chi connectivity index (χ1v) is 6.85. The van der Waals surface area contributed by atoms with Gasteiger partial charge in [-0.05, 0) is 12.1 Å². The average molecular weight is 269 g/mol. The predicted molar refractivity (Wildman–Crippen MR) is 68.0 cm³/mol. The normalized spacial score (nSPS) is 11.8. The maximum atomic E-state index is 11.8. The van der Waals surface area contributed by atoms with Crippen LogP contribution in [0, 0.1) is 0 Å². The molecule has 1 unspecified atom stereocenters. The van der Waals surface area contributed by atoms with Crippen molar-refractivity contribution >= 4 is 22.7 Å². The number of nitrogens with one attached hydrogen (secondary N) is 1. The minimum Gasteiger partial charge on any atom is -0.481 e. The second-order valence-electron chi connectivity index (χ2n) is 3.53. The van der Waals surface area contributed by atoms with Gasteiger partial charge in [0.25, 0.3) is 5.91 Å². The molecule has 0 aromatic heterocycles. The molecule has 0 radical (unpaired) electrons. The summed E-state index contributed by atoms with van der Waals surface area (Å²) in [4.78, 5) is 22.6. The molecule has 18 heavy (non-hydrogen) atoms.